The van der Waals surface area contributed by atoms with E-state index >= 15 is 0 Å². The number of benzene rings is 2. The number of halogens is 1. The lowest BCUT2D eigenvalue weighted by molar-refractivity contribution is 0.628. The normalized spacial score (nSPS) is 13.6. The molecule has 6 nitrogen and oxygen atoms in total. The lowest BCUT2D eigenvalue weighted by Gasteiger charge is -2.11. The second kappa shape index (κ2) is 6.60. The standard InChI is InChI=1S/C21H17FN6/c1-13-5-9-17(10-6-13)28-21(25-26-27-28)18-12-23-20(14-7-8-14)24-19(18)15-3-2-4-16(22)11-15/h2-6,9-12,14H,7-8H2,1H3. The summed E-state index contributed by atoms with van der Waals surface area (Å²) in [5, 5.41) is 12.2. The summed E-state index contributed by atoms with van der Waals surface area (Å²) >= 11 is 0. The molecule has 2 aromatic carbocycles. The quantitative estimate of drug-likeness (QED) is 0.539. The van der Waals surface area contributed by atoms with Crippen molar-refractivity contribution in [1.82, 2.24) is 30.2 Å². The van der Waals surface area contributed by atoms with Crippen molar-refractivity contribution in [3.8, 4) is 28.3 Å². The number of tetrazole rings is 1. The van der Waals surface area contributed by atoms with Crippen molar-refractivity contribution in [3.63, 3.8) is 0 Å². The molecular formula is C21H17FN6. The minimum absolute atomic E-state index is 0.312. The van der Waals surface area contributed by atoms with Crippen LogP contribution in [0.25, 0.3) is 28.3 Å². The molecule has 2 aromatic heterocycles. The van der Waals surface area contributed by atoms with Gasteiger partial charge in [0.05, 0.1) is 16.9 Å². The highest BCUT2D eigenvalue weighted by Gasteiger charge is 2.28. The Hall–Kier alpha value is -3.48. The molecule has 0 unspecified atom stereocenters. The third-order valence-corrected chi connectivity index (χ3v) is 4.84. The first-order valence-electron chi connectivity index (χ1n) is 9.18. The lowest BCUT2D eigenvalue weighted by atomic mass is 10.1. The zero-order chi connectivity index (χ0) is 19.1. The fraction of sp³-hybridized carbons (Fsp3) is 0.190. The molecule has 1 aliphatic carbocycles. The summed E-state index contributed by atoms with van der Waals surface area (Å²) in [5.74, 6) is 1.38. The molecule has 0 amide bonds. The largest absolute Gasteiger partial charge is 0.240 e. The molecule has 0 bridgehead atoms. The fourth-order valence-electron chi connectivity index (χ4n) is 3.17. The van der Waals surface area contributed by atoms with Gasteiger partial charge in [-0.25, -0.2) is 14.4 Å². The summed E-state index contributed by atoms with van der Waals surface area (Å²) in [6, 6.07) is 14.3. The number of aromatic nitrogens is 6. The van der Waals surface area contributed by atoms with Gasteiger partial charge in [0.2, 0.25) is 0 Å². The number of hydrogen-bond donors (Lipinski definition) is 0. The SMILES string of the molecule is Cc1ccc(-n2nnnc2-c2cnc(C3CC3)nc2-c2cccc(F)c2)cc1. The maximum atomic E-state index is 13.9. The van der Waals surface area contributed by atoms with E-state index in [1.807, 2.05) is 37.3 Å². The first kappa shape index (κ1) is 16.7. The smallest absolute Gasteiger partial charge is 0.190 e. The number of rotatable bonds is 4. The average molecular weight is 372 g/mol. The predicted molar refractivity (Wildman–Crippen MR) is 102 cm³/mol. The Morgan fingerprint density at radius 2 is 1.89 bits per heavy atom. The van der Waals surface area contributed by atoms with Crippen molar-refractivity contribution >= 4 is 0 Å². The van der Waals surface area contributed by atoms with Gasteiger partial charge in [0.1, 0.15) is 11.6 Å². The first-order valence-corrected chi connectivity index (χ1v) is 9.18. The summed E-state index contributed by atoms with van der Waals surface area (Å²) in [6.07, 6.45) is 3.92. The van der Waals surface area contributed by atoms with Gasteiger partial charge in [-0.15, -0.1) is 5.10 Å². The Bertz CT molecular complexity index is 1150. The number of nitrogens with zero attached hydrogens (tertiary/aromatic N) is 6. The van der Waals surface area contributed by atoms with Crippen LogP contribution in [0.5, 0.6) is 0 Å². The van der Waals surface area contributed by atoms with Crippen molar-refractivity contribution in [2.75, 3.05) is 0 Å². The molecule has 0 N–H and O–H groups in total. The van der Waals surface area contributed by atoms with Gasteiger partial charge in [0.25, 0.3) is 0 Å². The van der Waals surface area contributed by atoms with Gasteiger partial charge < -0.3 is 0 Å². The average Bonchev–Trinajstić information content (AvgIpc) is 3.45. The van der Waals surface area contributed by atoms with Crippen molar-refractivity contribution in [2.45, 2.75) is 25.7 Å². The van der Waals surface area contributed by atoms with Crippen LogP contribution in [0, 0.1) is 12.7 Å². The third kappa shape index (κ3) is 3.05. The molecule has 4 aromatic rings. The van der Waals surface area contributed by atoms with Crippen molar-refractivity contribution < 1.29 is 4.39 Å². The van der Waals surface area contributed by atoms with Gasteiger partial charge >= 0.3 is 0 Å². The van der Waals surface area contributed by atoms with E-state index in [1.54, 1.807) is 16.9 Å². The van der Waals surface area contributed by atoms with E-state index in [-0.39, 0.29) is 5.82 Å². The molecule has 5 rings (SSSR count). The summed E-state index contributed by atoms with van der Waals surface area (Å²) in [4.78, 5) is 9.30. The predicted octanol–water partition coefficient (Wildman–Crippen LogP) is 4.11. The second-order valence-electron chi connectivity index (χ2n) is 7.02. The molecule has 0 spiro atoms. The first-order chi connectivity index (χ1) is 13.7. The van der Waals surface area contributed by atoms with Gasteiger partial charge in [-0.3, -0.25) is 0 Å². The minimum Gasteiger partial charge on any atom is -0.240 e. The minimum atomic E-state index is -0.312. The molecule has 1 fully saturated rings. The molecule has 2 heterocycles. The van der Waals surface area contributed by atoms with E-state index < -0.39 is 0 Å². The van der Waals surface area contributed by atoms with Crippen LogP contribution < -0.4 is 0 Å². The van der Waals surface area contributed by atoms with Gasteiger partial charge in [0, 0.05) is 17.7 Å². The number of hydrogen-bond acceptors (Lipinski definition) is 5. The Kier molecular flexibility index (Phi) is 3.93. The molecule has 138 valence electrons. The van der Waals surface area contributed by atoms with Gasteiger partial charge in [-0.1, -0.05) is 29.8 Å². The molecule has 0 aliphatic heterocycles. The Balaban J connectivity index is 1.69. The van der Waals surface area contributed by atoms with Gasteiger partial charge in [-0.05, 0) is 54.5 Å². The van der Waals surface area contributed by atoms with Crippen LogP contribution in [-0.4, -0.2) is 30.2 Å². The van der Waals surface area contributed by atoms with Gasteiger partial charge in [0.15, 0.2) is 5.82 Å². The van der Waals surface area contributed by atoms with Crippen molar-refractivity contribution in [2.24, 2.45) is 0 Å². The summed E-state index contributed by atoms with van der Waals surface area (Å²) < 4.78 is 15.5. The Labute approximate surface area is 161 Å². The molecule has 0 saturated heterocycles. The van der Waals surface area contributed by atoms with Crippen LogP contribution in [0.2, 0.25) is 0 Å². The molecular weight excluding hydrogens is 355 g/mol. The molecule has 0 atom stereocenters. The van der Waals surface area contributed by atoms with Crippen LogP contribution in [0.4, 0.5) is 4.39 Å². The summed E-state index contributed by atoms with van der Waals surface area (Å²) in [6.45, 7) is 2.02. The van der Waals surface area contributed by atoms with Crippen LogP contribution in [-0.2, 0) is 0 Å². The maximum absolute atomic E-state index is 13.9. The van der Waals surface area contributed by atoms with Crippen LogP contribution >= 0.6 is 0 Å². The third-order valence-electron chi connectivity index (χ3n) is 4.84. The van der Waals surface area contributed by atoms with E-state index in [2.05, 4.69) is 20.5 Å². The fourth-order valence-corrected chi connectivity index (χ4v) is 3.17. The van der Waals surface area contributed by atoms with E-state index in [9.17, 15) is 4.39 Å². The molecule has 0 radical (unpaired) electrons. The van der Waals surface area contributed by atoms with Crippen LogP contribution in [0.1, 0.15) is 30.1 Å². The van der Waals surface area contributed by atoms with Gasteiger partial charge in [-0.2, -0.15) is 4.68 Å². The van der Waals surface area contributed by atoms with E-state index in [0.717, 1.165) is 29.9 Å². The highest BCUT2D eigenvalue weighted by Crippen LogP contribution is 2.40. The molecule has 1 aliphatic rings. The Morgan fingerprint density at radius 1 is 1.07 bits per heavy atom. The summed E-state index contributed by atoms with van der Waals surface area (Å²) in [5.41, 5.74) is 3.97. The molecule has 28 heavy (non-hydrogen) atoms. The monoisotopic (exact) mass is 372 g/mol. The van der Waals surface area contributed by atoms with Crippen LogP contribution in [0.3, 0.4) is 0 Å². The van der Waals surface area contributed by atoms with Crippen molar-refractivity contribution in [3.05, 3.63) is 71.9 Å². The van der Waals surface area contributed by atoms with Crippen molar-refractivity contribution in [1.29, 1.82) is 0 Å². The highest BCUT2D eigenvalue weighted by molar-refractivity contribution is 5.77. The molecule has 1 saturated carbocycles. The lowest BCUT2D eigenvalue weighted by Crippen LogP contribution is -2.04. The van der Waals surface area contributed by atoms with E-state index in [0.29, 0.717) is 28.6 Å². The maximum Gasteiger partial charge on any atom is 0.190 e. The van der Waals surface area contributed by atoms with E-state index in [4.69, 9.17) is 4.98 Å². The summed E-state index contributed by atoms with van der Waals surface area (Å²) in [7, 11) is 0. The number of aryl methyl sites for hydroxylation is 1. The molecule has 7 heteroatoms. The topological polar surface area (TPSA) is 69.4 Å². The highest BCUT2D eigenvalue weighted by atomic mass is 19.1. The zero-order valence-electron chi connectivity index (χ0n) is 15.2. The second-order valence-corrected chi connectivity index (χ2v) is 7.02. The Morgan fingerprint density at radius 3 is 2.64 bits per heavy atom. The van der Waals surface area contributed by atoms with E-state index in [1.165, 1.54) is 12.1 Å². The zero-order valence-corrected chi connectivity index (χ0v) is 15.2. The van der Waals surface area contributed by atoms with Crippen LogP contribution in [0.15, 0.2) is 54.7 Å².